The van der Waals surface area contributed by atoms with Crippen LogP contribution in [0.25, 0.3) is 0 Å². The van der Waals surface area contributed by atoms with Gasteiger partial charge >= 0.3 is 0 Å². The van der Waals surface area contributed by atoms with E-state index < -0.39 is 0 Å². The lowest BCUT2D eigenvalue weighted by Gasteiger charge is -2.32. The number of hydrogen-bond acceptors (Lipinski definition) is 4. The number of benzene rings is 1. The maximum atomic E-state index is 12.7. The van der Waals surface area contributed by atoms with E-state index in [0.29, 0.717) is 41.1 Å². The van der Waals surface area contributed by atoms with Crippen molar-refractivity contribution in [1.82, 2.24) is 4.90 Å². The van der Waals surface area contributed by atoms with Gasteiger partial charge < -0.3 is 20.1 Å². The van der Waals surface area contributed by atoms with Crippen LogP contribution in [-0.2, 0) is 4.74 Å². The van der Waals surface area contributed by atoms with Gasteiger partial charge in [0, 0.05) is 26.3 Å². The van der Waals surface area contributed by atoms with Crippen molar-refractivity contribution in [2.75, 3.05) is 39.6 Å². The quantitative estimate of drug-likeness (QED) is 0.849. The summed E-state index contributed by atoms with van der Waals surface area (Å²) in [6.07, 6.45) is 2.06. The van der Waals surface area contributed by atoms with Gasteiger partial charge in [0.2, 0.25) is 0 Å². The van der Waals surface area contributed by atoms with Gasteiger partial charge in [-0.25, -0.2) is 0 Å². The fraction of sp³-hybridized carbons (Fsp3) is 0.533. The van der Waals surface area contributed by atoms with Gasteiger partial charge in [0.25, 0.3) is 5.91 Å². The van der Waals surface area contributed by atoms with Crippen molar-refractivity contribution in [3.05, 3.63) is 22.7 Å². The van der Waals surface area contributed by atoms with E-state index in [0.717, 1.165) is 19.4 Å². The second kappa shape index (κ2) is 8.46. The average Bonchev–Trinajstić information content (AvgIpc) is 2.49. The zero-order chi connectivity index (χ0) is 15.4. The van der Waals surface area contributed by atoms with Crippen LogP contribution in [0.2, 0.25) is 5.02 Å². The second-order valence-electron chi connectivity index (χ2n) is 5.29. The van der Waals surface area contributed by atoms with E-state index >= 15 is 0 Å². The maximum absolute atomic E-state index is 12.7. The molecule has 124 valence electrons. The molecule has 2 N–H and O–H groups in total. The van der Waals surface area contributed by atoms with Gasteiger partial charge in [-0.05, 0) is 24.8 Å². The highest BCUT2D eigenvalue weighted by atomic mass is 35.5. The number of rotatable bonds is 4. The number of nitrogen functional groups attached to an aromatic ring is 1. The van der Waals surface area contributed by atoms with Crippen LogP contribution >= 0.6 is 24.0 Å². The molecular formula is C15H22Cl2N2O3. The van der Waals surface area contributed by atoms with Gasteiger partial charge in [0.1, 0.15) is 5.75 Å². The van der Waals surface area contributed by atoms with Crippen LogP contribution in [0.15, 0.2) is 12.1 Å². The molecule has 1 aliphatic rings. The molecule has 1 aromatic carbocycles. The first-order chi connectivity index (χ1) is 10.1. The van der Waals surface area contributed by atoms with Crippen molar-refractivity contribution in [1.29, 1.82) is 0 Å². The third kappa shape index (κ3) is 4.18. The van der Waals surface area contributed by atoms with Crippen LogP contribution in [0.1, 0.15) is 23.2 Å². The number of hydrogen-bond donors (Lipinski definition) is 1. The zero-order valence-corrected chi connectivity index (χ0v) is 14.4. The molecule has 0 radical (unpaired) electrons. The average molecular weight is 349 g/mol. The minimum absolute atomic E-state index is 0. The topological polar surface area (TPSA) is 64.8 Å². The lowest BCUT2D eigenvalue weighted by atomic mass is 9.98. The molecule has 2 rings (SSSR count). The van der Waals surface area contributed by atoms with E-state index in [2.05, 4.69) is 0 Å². The predicted octanol–water partition coefficient (Wildman–Crippen LogP) is 2.85. The van der Waals surface area contributed by atoms with Gasteiger partial charge in [0.05, 0.1) is 30.0 Å². The largest absolute Gasteiger partial charge is 0.496 e. The van der Waals surface area contributed by atoms with Crippen LogP contribution in [0.3, 0.4) is 0 Å². The Kier molecular flexibility index (Phi) is 7.26. The molecule has 0 aromatic heterocycles. The molecule has 1 aromatic rings. The standard InChI is InChI=1S/C15H21ClN2O3.ClH/c1-20-9-10-4-3-5-18(8-10)15(19)11-6-12(16)13(17)7-14(11)21-2;/h6-7,10H,3-5,8-9,17H2,1-2H3;1H. The number of carbonyl (C=O) groups is 1. The Balaban J connectivity index is 0.00000242. The lowest BCUT2D eigenvalue weighted by Crippen LogP contribution is -2.41. The molecule has 0 saturated carbocycles. The molecule has 1 fully saturated rings. The molecule has 0 bridgehead atoms. The van der Waals surface area contributed by atoms with Gasteiger partial charge in [0.15, 0.2) is 0 Å². The molecule has 1 unspecified atom stereocenters. The van der Waals surface area contributed by atoms with E-state index in [1.165, 1.54) is 7.11 Å². The number of likely N-dealkylation sites (tertiary alicyclic amines) is 1. The van der Waals surface area contributed by atoms with Crippen LogP contribution in [0, 0.1) is 5.92 Å². The summed E-state index contributed by atoms with van der Waals surface area (Å²) < 4.78 is 10.5. The number of anilines is 1. The molecule has 5 nitrogen and oxygen atoms in total. The Labute approximate surface area is 142 Å². The maximum Gasteiger partial charge on any atom is 0.257 e. The second-order valence-corrected chi connectivity index (χ2v) is 5.70. The minimum Gasteiger partial charge on any atom is -0.496 e. The number of carbonyl (C=O) groups excluding carboxylic acids is 1. The summed E-state index contributed by atoms with van der Waals surface area (Å²) in [5, 5.41) is 0.365. The Morgan fingerprint density at radius 1 is 1.45 bits per heavy atom. The monoisotopic (exact) mass is 348 g/mol. The molecule has 1 atom stereocenters. The summed E-state index contributed by atoms with van der Waals surface area (Å²) in [5.74, 6) is 0.758. The van der Waals surface area contributed by atoms with Gasteiger partial charge in [-0.1, -0.05) is 11.6 Å². The van der Waals surface area contributed by atoms with Gasteiger partial charge in [-0.15, -0.1) is 12.4 Å². The molecule has 1 heterocycles. The first-order valence-corrected chi connectivity index (χ1v) is 7.35. The molecule has 1 aliphatic heterocycles. The number of methoxy groups -OCH3 is 2. The third-order valence-electron chi connectivity index (χ3n) is 3.76. The van der Waals surface area contributed by atoms with Gasteiger partial charge in [-0.2, -0.15) is 0 Å². The van der Waals surface area contributed by atoms with Crippen molar-refractivity contribution < 1.29 is 14.3 Å². The van der Waals surface area contributed by atoms with E-state index in [9.17, 15) is 4.79 Å². The smallest absolute Gasteiger partial charge is 0.257 e. The van der Waals surface area contributed by atoms with E-state index in [-0.39, 0.29) is 18.3 Å². The van der Waals surface area contributed by atoms with Crippen LogP contribution < -0.4 is 10.5 Å². The number of halogens is 2. The summed E-state index contributed by atoms with van der Waals surface area (Å²) in [7, 11) is 3.20. The normalized spacial score (nSPS) is 17.8. The predicted molar refractivity (Wildman–Crippen MR) is 90.2 cm³/mol. The van der Waals surface area contributed by atoms with E-state index in [4.69, 9.17) is 26.8 Å². The fourth-order valence-corrected chi connectivity index (χ4v) is 2.86. The SMILES string of the molecule is COCC1CCCN(C(=O)c2cc(Cl)c(N)cc2OC)C1.Cl. The number of nitrogens with two attached hydrogens (primary N) is 1. The highest BCUT2D eigenvalue weighted by Gasteiger charge is 2.26. The van der Waals surface area contributed by atoms with Gasteiger partial charge in [-0.3, -0.25) is 4.79 Å². The van der Waals surface area contributed by atoms with Crippen molar-refractivity contribution in [2.45, 2.75) is 12.8 Å². The number of amides is 1. The van der Waals surface area contributed by atoms with Crippen molar-refractivity contribution in [3.63, 3.8) is 0 Å². The molecule has 0 aliphatic carbocycles. The van der Waals surface area contributed by atoms with Crippen LogP contribution in [0.4, 0.5) is 5.69 Å². The Bertz CT molecular complexity index is 524. The van der Waals surface area contributed by atoms with Crippen molar-refractivity contribution in [3.8, 4) is 5.75 Å². The highest BCUT2D eigenvalue weighted by molar-refractivity contribution is 6.33. The number of piperidine rings is 1. The van der Waals surface area contributed by atoms with E-state index in [1.807, 2.05) is 4.90 Å². The highest BCUT2D eigenvalue weighted by Crippen LogP contribution is 2.30. The molecule has 7 heteroatoms. The lowest BCUT2D eigenvalue weighted by molar-refractivity contribution is 0.0568. The summed E-state index contributed by atoms with van der Waals surface area (Å²) >= 11 is 6.03. The third-order valence-corrected chi connectivity index (χ3v) is 4.09. The fourth-order valence-electron chi connectivity index (χ4n) is 2.70. The molecule has 1 amide bonds. The Morgan fingerprint density at radius 2 is 2.18 bits per heavy atom. The molecular weight excluding hydrogens is 327 g/mol. The summed E-state index contributed by atoms with van der Waals surface area (Å²) in [6, 6.07) is 3.17. The molecule has 22 heavy (non-hydrogen) atoms. The minimum atomic E-state index is -0.0745. The first kappa shape index (κ1) is 18.9. The molecule has 1 saturated heterocycles. The molecule has 0 spiro atoms. The van der Waals surface area contributed by atoms with Crippen molar-refractivity contribution in [2.24, 2.45) is 5.92 Å². The number of nitrogens with zero attached hydrogens (tertiary/aromatic N) is 1. The zero-order valence-electron chi connectivity index (χ0n) is 12.8. The van der Waals surface area contributed by atoms with Crippen LogP contribution in [0.5, 0.6) is 5.75 Å². The van der Waals surface area contributed by atoms with Crippen molar-refractivity contribution >= 4 is 35.6 Å². The Morgan fingerprint density at radius 3 is 2.82 bits per heavy atom. The number of ether oxygens (including phenoxy) is 2. The summed E-state index contributed by atoms with van der Waals surface area (Å²) in [4.78, 5) is 14.5. The summed E-state index contributed by atoms with van der Waals surface area (Å²) in [6.45, 7) is 2.10. The van der Waals surface area contributed by atoms with E-state index in [1.54, 1.807) is 19.2 Å². The summed E-state index contributed by atoms with van der Waals surface area (Å²) in [5.41, 5.74) is 6.61. The first-order valence-electron chi connectivity index (χ1n) is 6.98. The van der Waals surface area contributed by atoms with Crippen LogP contribution in [-0.4, -0.2) is 44.7 Å². The Hall–Kier alpha value is -1.17.